The summed E-state index contributed by atoms with van der Waals surface area (Å²) in [6, 6.07) is 0. The van der Waals surface area contributed by atoms with Gasteiger partial charge in [-0.3, -0.25) is 0 Å². The molecule has 1 aliphatic rings. The van der Waals surface area contributed by atoms with Crippen molar-refractivity contribution in [1.29, 1.82) is 0 Å². The predicted octanol–water partition coefficient (Wildman–Crippen LogP) is 7.99. The topological polar surface area (TPSA) is 0 Å². The van der Waals surface area contributed by atoms with Crippen LogP contribution in [0.1, 0.15) is 111 Å². The first-order valence-corrected chi connectivity index (χ1v) is 10.2. The Morgan fingerprint density at radius 3 is 2.00 bits per heavy atom. The molecule has 1 unspecified atom stereocenters. The molecule has 0 aromatic heterocycles. The number of allylic oxidation sites excluding steroid dienone is 4. The van der Waals surface area contributed by atoms with Crippen LogP contribution in [0.3, 0.4) is 0 Å². The van der Waals surface area contributed by atoms with Crippen LogP contribution in [0.2, 0.25) is 0 Å². The number of unbranched alkanes of at least 4 members (excludes halogenated alkanes) is 7. The van der Waals surface area contributed by atoms with E-state index in [1.54, 1.807) is 11.1 Å². The van der Waals surface area contributed by atoms with E-state index in [1.807, 2.05) is 0 Å². The SMILES string of the molecule is CCCCCCC1=CC=C(CCCCCC)C(CCCC)C1. The molecule has 0 aromatic carbocycles. The lowest BCUT2D eigenvalue weighted by Gasteiger charge is -2.25. The zero-order valence-electron chi connectivity index (χ0n) is 15.6. The quantitative estimate of drug-likeness (QED) is 0.302. The summed E-state index contributed by atoms with van der Waals surface area (Å²) in [6.45, 7) is 6.93. The second kappa shape index (κ2) is 13.0. The van der Waals surface area contributed by atoms with E-state index in [-0.39, 0.29) is 0 Å². The summed E-state index contributed by atoms with van der Waals surface area (Å²) in [4.78, 5) is 0. The summed E-state index contributed by atoms with van der Waals surface area (Å²) in [5.74, 6) is 0.868. The summed E-state index contributed by atoms with van der Waals surface area (Å²) < 4.78 is 0. The van der Waals surface area contributed by atoms with Gasteiger partial charge in [-0.05, 0) is 44.4 Å². The maximum atomic E-state index is 2.50. The van der Waals surface area contributed by atoms with Crippen LogP contribution in [0.4, 0.5) is 0 Å². The first-order chi connectivity index (χ1) is 10.8. The first kappa shape index (κ1) is 19.5. The summed E-state index contributed by atoms with van der Waals surface area (Å²) in [5.41, 5.74) is 3.50. The second-order valence-corrected chi connectivity index (χ2v) is 7.23. The third-order valence-electron chi connectivity index (χ3n) is 5.14. The molecule has 1 rings (SSSR count). The minimum atomic E-state index is 0.868. The summed E-state index contributed by atoms with van der Waals surface area (Å²) in [6.07, 6.45) is 24.4. The minimum Gasteiger partial charge on any atom is -0.0696 e. The van der Waals surface area contributed by atoms with Gasteiger partial charge in [-0.2, -0.15) is 0 Å². The van der Waals surface area contributed by atoms with Crippen LogP contribution in [0.5, 0.6) is 0 Å². The number of rotatable bonds is 13. The van der Waals surface area contributed by atoms with E-state index in [9.17, 15) is 0 Å². The van der Waals surface area contributed by atoms with Crippen molar-refractivity contribution in [1.82, 2.24) is 0 Å². The average Bonchev–Trinajstić information content (AvgIpc) is 2.55. The third kappa shape index (κ3) is 8.20. The van der Waals surface area contributed by atoms with Crippen LogP contribution in [0, 0.1) is 5.92 Å². The highest BCUT2D eigenvalue weighted by molar-refractivity contribution is 5.26. The smallest absolute Gasteiger partial charge is 0.0163 e. The maximum Gasteiger partial charge on any atom is -0.0163 e. The molecule has 128 valence electrons. The lowest BCUT2D eigenvalue weighted by Crippen LogP contribution is -2.10. The Hall–Kier alpha value is -0.520. The molecule has 0 spiro atoms. The van der Waals surface area contributed by atoms with Crippen molar-refractivity contribution in [3.8, 4) is 0 Å². The predicted molar refractivity (Wildman–Crippen MR) is 101 cm³/mol. The van der Waals surface area contributed by atoms with Crippen molar-refractivity contribution in [2.75, 3.05) is 0 Å². The molecule has 0 saturated heterocycles. The molecule has 1 aliphatic carbocycles. The fourth-order valence-electron chi connectivity index (χ4n) is 3.62. The molecule has 0 amide bonds. The zero-order chi connectivity index (χ0) is 16.0. The highest BCUT2D eigenvalue weighted by Crippen LogP contribution is 2.34. The Bertz CT molecular complexity index is 321. The van der Waals surface area contributed by atoms with E-state index in [0.29, 0.717) is 0 Å². The van der Waals surface area contributed by atoms with Gasteiger partial charge in [0.2, 0.25) is 0 Å². The molecule has 0 aliphatic heterocycles. The minimum absolute atomic E-state index is 0.868. The summed E-state index contributed by atoms with van der Waals surface area (Å²) >= 11 is 0. The number of hydrogen-bond acceptors (Lipinski definition) is 0. The summed E-state index contributed by atoms with van der Waals surface area (Å²) in [5, 5.41) is 0. The summed E-state index contributed by atoms with van der Waals surface area (Å²) in [7, 11) is 0. The van der Waals surface area contributed by atoms with E-state index in [1.165, 1.54) is 89.9 Å². The standard InChI is InChI=1S/C22H40/c1-4-7-10-12-14-20-17-18-21(16-13-11-8-5-2)22(19-20)15-9-6-3/h17-18,22H,4-16,19H2,1-3H3. The van der Waals surface area contributed by atoms with Gasteiger partial charge >= 0.3 is 0 Å². The highest BCUT2D eigenvalue weighted by atomic mass is 14.2. The molecule has 0 bridgehead atoms. The van der Waals surface area contributed by atoms with Gasteiger partial charge in [0.15, 0.2) is 0 Å². The normalized spacial score (nSPS) is 18.2. The van der Waals surface area contributed by atoms with Crippen molar-refractivity contribution in [3.05, 3.63) is 23.3 Å². The van der Waals surface area contributed by atoms with Crippen molar-refractivity contribution in [2.24, 2.45) is 5.92 Å². The van der Waals surface area contributed by atoms with Gasteiger partial charge in [-0.1, -0.05) is 95.4 Å². The Morgan fingerprint density at radius 1 is 0.727 bits per heavy atom. The first-order valence-electron chi connectivity index (χ1n) is 10.2. The molecule has 0 heteroatoms. The van der Waals surface area contributed by atoms with Crippen LogP contribution in [-0.2, 0) is 0 Å². The Labute approximate surface area is 140 Å². The Morgan fingerprint density at radius 2 is 1.36 bits per heavy atom. The van der Waals surface area contributed by atoms with Gasteiger partial charge < -0.3 is 0 Å². The lowest BCUT2D eigenvalue weighted by molar-refractivity contribution is 0.485. The monoisotopic (exact) mass is 304 g/mol. The molecular weight excluding hydrogens is 264 g/mol. The van der Waals surface area contributed by atoms with Crippen molar-refractivity contribution >= 4 is 0 Å². The maximum absolute atomic E-state index is 2.50. The van der Waals surface area contributed by atoms with Crippen LogP contribution in [0.15, 0.2) is 23.3 Å². The van der Waals surface area contributed by atoms with Gasteiger partial charge in [-0.25, -0.2) is 0 Å². The van der Waals surface area contributed by atoms with Gasteiger partial charge in [0.05, 0.1) is 0 Å². The molecule has 1 atom stereocenters. The van der Waals surface area contributed by atoms with Gasteiger partial charge in [-0.15, -0.1) is 0 Å². The molecule has 0 N–H and O–H groups in total. The fraction of sp³-hybridized carbons (Fsp3) is 0.818. The third-order valence-corrected chi connectivity index (χ3v) is 5.14. The molecule has 0 heterocycles. The Balaban J connectivity index is 2.45. The second-order valence-electron chi connectivity index (χ2n) is 7.23. The Kier molecular flexibility index (Phi) is 11.5. The van der Waals surface area contributed by atoms with E-state index < -0.39 is 0 Å². The van der Waals surface area contributed by atoms with Crippen LogP contribution in [0.25, 0.3) is 0 Å². The molecule has 0 nitrogen and oxygen atoms in total. The fourth-order valence-corrected chi connectivity index (χ4v) is 3.62. The molecular formula is C22H40. The molecule has 0 saturated carbocycles. The van der Waals surface area contributed by atoms with Gasteiger partial charge in [0.25, 0.3) is 0 Å². The molecule has 0 aromatic rings. The van der Waals surface area contributed by atoms with Crippen LogP contribution >= 0.6 is 0 Å². The highest BCUT2D eigenvalue weighted by Gasteiger charge is 2.18. The zero-order valence-corrected chi connectivity index (χ0v) is 15.6. The van der Waals surface area contributed by atoms with Crippen LogP contribution in [-0.4, -0.2) is 0 Å². The van der Waals surface area contributed by atoms with E-state index >= 15 is 0 Å². The van der Waals surface area contributed by atoms with Crippen molar-refractivity contribution < 1.29 is 0 Å². The average molecular weight is 305 g/mol. The van der Waals surface area contributed by atoms with Gasteiger partial charge in [0, 0.05) is 0 Å². The van der Waals surface area contributed by atoms with Crippen LogP contribution < -0.4 is 0 Å². The molecule has 0 radical (unpaired) electrons. The largest absolute Gasteiger partial charge is 0.0696 e. The number of hydrogen-bond donors (Lipinski definition) is 0. The van der Waals surface area contributed by atoms with E-state index in [2.05, 4.69) is 32.9 Å². The van der Waals surface area contributed by atoms with Crippen molar-refractivity contribution in [3.63, 3.8) is 0 Å². The van der Waals surface area contributed by atoms with Crippen molar-refractivity contribution in [2.45, 2.75) is 111 Å². The van der Waals surface area contributed by atoms with Gasteiger partial charge in [0.1, 0.15) is 0 Å². The van der Waals surface area contributed by atoms with E-state index in [4.69, 9.17) is 0 Å². The molecule has 22 heavy (non-hydrogen) atoms. The van der Waals surface area contributed by atoms with E-state index in [0.717, 1.165) is 5.92 Å². The lowest BCUT2D eigenvalue weighted by atomic mass is 9.80. The molecule has 0 fully saturated rings.